The number of nitrogens with zero attached hydrogens (tertiary/aromatic N) is 5. The standard InChI is InChI=1S/C10H9BrN6O/c1-16-9(7(11)6-13-16)10(18)14-8-2-4-17(15-8)5-3-12/h2,4,6H,5H2,1H3,(H,14,15,18). The second-order valence-electron chi connectivity index (χ2n) is 3.48. The van der Waals surface area contributed by atoms with Crippen LogP contribution in [0.5, 0.6) is 0 Å². The zero-order chi connectivity index (χ0) is 13.1. The summed E-state index contributed by atoms with van der Waals surface area (Å²) in [6.07, 6.45) is 3.17. The van der Waals surface area contributed by atoms with Crippen LogP contribution < -0.4 is 5.32 Å². The molecule has 2 aromatic heterocycles. The fourth-order valence-electron chi connectivity index (χ4n) is 1.43. The summed E-state index contributed by atoms with van der Waals surface area (Å²) in [6, 6.07) is 3.59. The van der Waals surface area contributed by atoms with E-state index in [0.29, 0.717) is 16.0 Å². The van der Waals surface area contributed by atoms with Gasteiger partial charge in [0.25, 0.3) is 5.91 Å². The van der Waals surface area contributed by atoms with Crippen molar-refractivity contribution in [3.05, 3.63) is 28.6 Å². The van der Waals surface area contributed by atoms with Gasteiger partial charge in [-0.1, -0.05) is 0 Å². The molecule has 0 fully saturated rings. The molecule has 2 heterocycles. The number of aromatic nitrogens is 4. The van der Waals surface area contributed by atoms with Crippen molar-refractivity contribution in [2.24, 2.45) is 7.05 Å². The second kappa shape index (κ2) is 5.01. The number of hydrogen-bond donors (Lipinski definition) is 1. The van der Waals surface area contributed by atoms with Gasteiger partial charge in [-0.25, -0.2) is 0 Å². The first-order valence-corrected chi connectivity index (χ1v) is 5.80. The number of halogens is 1. The number of anilines is 1. The number of carbonyl (C=O) groups excluding carboxylic acids is 1. The van der Waals surface area contributed by atoms with E-state index in [4.69, 9.17) is 5.26 Å². The average molecular weight is 309 g/mol. The molecule has 1 N–H and O–H groups in total. The van der Waals surface area contributed by atoms with Crippen LogP contribution in [0.1, 0.15) is 10.5 Å². The van der Waals surface area contributed by atoms with Crippen LogP contribution in [0.25, 0.3) is 0 Å². The molecule has 1 amide bonds. The van der Waals surface area contributed by atoms with Crippen molar-refractivity contribution < 1.29 is 4.79 Å². The van der Waals surface area contributed by atoms with E-state index in [1.165, 1.54) is 9.36 Å². The van der Waals surface area contributed by atoms with Gasteiger partial charge in [0.2, 0.25) is 0 Å². The number of amides is 1. The number of rotatable bonds is 3. The second-order valence-corrected chi connectivity index (χ2v) is 4.33. The van der Waals surface area contributed by atoms with Crippen LogP contribution in [0.15, 0.2) is 22.9 Å². The first-order chi connectivity index (χ1) is 8.61. The number of nitrogens with one attached hydrogen (secondary N) is 1. The number of aryl methyl sites for hydroxylation is 1. The zero-order valence-electron chi connectivity index (χ0n) is 9.46. The van der Waals surface area contributed by atoms with E-state index in [0.717, 1.165) is 0 Å². The quantitative estimate of drug-likeness (QED) is 0.921. The van der Waals surface area contributed by atoms with Crippen LogP contribution in [0, 0.1) is 11.3 Å². The largest absolute Gasteiger partial charge is 0.304 e. The van der Waals surface area contributed by atoms with Gasteiger partial charge in [-0.3, -0.25) is 14.2 Å². The highest BCUT2D eigenvalue weighted by Gasteiger charge is 2.16. The van der Waals surface area contributed by atoms with Gasteiger partial charge < -0.3 is 5.32 Å². The molecule has 0 saturated carbocycles. The molecule has 2 rings (SSSR count). The van der Waals surface area contributed by atoms with Gasteiger partial charge in [0.1, 0.15) is 12.2 Å². The highest BCUT2D eigenvalue weighted by Crippen LogP contribution is 2.16. The molecule has 0 radical (unpaired) electrons. The highest BCUT2D eigenvalue weighted by atomic mass is 79.9. The fourth-order valence-corrected chi connectivity index (χ4v) is 1.96. The molecule has 0 unspecified atom stereocenters. The van der Waals surface area contributed by atoms with Gasteiger partial charge in [-0.2, -0.15) is 15.5 Å². The number of carbonyl (C=O) groups is 1. The van der Waals surface area contributed by atoms with Crippen molar-refractivity contribution in [3.63, 3.8) is 0 Å². The Morgan fingerprint density at radius 3 is 3.06 bits per heavy atom. The van der Waals surface area contributed by atoms with E-state index in [2.05, 4.69) is 31.4 Å². The Kier molecular flexibility index (Phi) is 3.43. The lowest BCUT2D eigenvalue weighted by Gasteiger charge is -2.02. The van der Waals surface area contributed by atoms with Crippen LogP contribution in [0.3, 0.4) is 0 Å². The molecule has 0 spiro atoms. The predicted octanol–water partition coefficient (Wildman–Crippen LogP) is 1.15. The molecule has 92 valence electrons. The number of nitriles is 1. The molecule has 0 aromatic carbocycles. The predicted molar refractivity (Wildman–Crippen MR) is 66.7 cm³/mol. The zero-order valence-corrected chi connectivity index (χ0v) is 11.0. The van der Waals surface area contributed by atoms with Crippen LogP contribution in [0.2, 0.25) is 0 Å². The van der Waals surface area contributed by atoms with E-state index in [1.54, 1.807) is 25.5 Å². The molecule has 0 bridgehead atoms. The maximum atomic E-state index is 12.0. The Bertz CT molecular complexity index is 603. The summed E-state index contributed by atoms with van der Waals surface area (Å²) >= 11 is 3.25. The van der Waals surface area contributed by atoms with Crippen molar-refractivity contribution in [1.82, 2.24) is 19.6 Å². The molecule has 0 aliphatic rings. The third kappa shape index (κ3) is 2.41. The summed E-state index contributed by atoms with van der Waals surface area (Å²) < 4.78 is 3.51. The van der Waals surface area contributed by atoms with Crippen molar-refractivity contribution >= 4 is 27.7 Å². The van der Waals surface area contributed by atoms with Gasteiger partial charge in [0.05, 0.1) is 16.7 Å². The van der Waals surface area contributed by atoms with E-state index >= 15 is 0 Å². The molecule has 2 aromatic rings. The Balaban J connectivity index is 2.14. The third-order valence-corrected chi connectivity index (χ3v) is 2.80. The molecular formula is C10H9BrN6O. The van der Waals surface area contributed by atoms with Crippen LogP contribution >= 0.6 is 15.9 Å². The lowest BCUT2D eigenvalue weighted by atomic mass is 10.4. The first kappa shape index (κ1) is 12.3. The lowest BCUT2D eigenvalue weighted by Crippen LogP contribution is -2.17. The maximum absolute atomic E-state index is 12.0. The summed E-state index contributed by atoms with van der Waals surface area (Å²) in [4.78, 5) is 12.0. The van der Waals surface area contributed by atoms with E-state index in [1.807, 2.05) is 6.07 Å². The molecule has 0 saturated heterocycles. The lowest BCUT2D eigenvalue weighted by molar-refractivity contribution is 0.101. The molecule has 8 heteroatoms. The SMILES string of the molecule is Cn1ncc(Br)c1C(=O)Nc1ccn(CC#N)n1. The highest BCUT2D eigenvalue weighted by molar-refractivity contribution is 9.10. The van der Waals surface area contributed by atoms with Gasteiger partial charge in [-0.15, -0.1) is 0 Å². The minimum Gasteiger partial charge on any atom is -0.304 e. The first-order valence-electron chi connectivity index (χ1n) is 5.01. The van der Waals surface area contributed by atoms with Gasteiger partial charge in [0, 0.05) is 19.3 Å². The summed E-state index contributed by atoms with van der Waals surface area (Å²) in [6.45, 7) is 0.144. The fraction of sp³-hybridized carbons (Fsp3) is 0.200. The smallest absolute Gasteiger partial charge is 0.276 e. The minimum atomic E-state index is -0.316. The summed E-state index contributed by atoms with van der Waals surface area (Å²) in [5, 5.41) is 19.1. The monoisotopic (exact) mass is 308 g/mol. The molecular weight excluding hydrogens is 300 g/mol. The van der Waals surface area contributed by atoms with Crippen molar-refractivity contribution in [2.75, 3.05) is 5.32 Å². The minimum absolute atomic E-state index is 0.144. The van der Waals surface area contributed by atoms with E-state index in [-0.39, 0.29) is 12.5 Å². The Hall–Kier alpha value is -2.14. The van der Waals surface area contributed by atoms with Gasteiger partial charge in [0.15, 0.2) is 5.82 Å². The topological polar surface area (TPSA) is 88.5 Å². The summed E-state index contributed by atoms with van der Waals surface area (Å²) in [5.74, 6) is 0.0763. The molecule has 7 nitrogen and oxygen atoms in total. The van der Waals surface area contributed by atoms with Crippen molar-refractivity contribution in [3.8, 4) is 6.07 Å². The summed E-state index contributed by atoms with van der Waals surface area (Å²) in [7, 11) is 1.67. The molecule has 0 aliphatic carbocycles. The normalized spacial score (nSPS) is 10.1. The molecule has 0 aliphatic heterocycles. The molecule has 18 heavy (non-hydrogen) atoms. The van der Waals surface area contributed by atoms with Crippen LogP contribution in [-0.2, 0) is 13.6 Å². The summed E-state index contributed by atoms with van der Waals surface area (Å²) in [5.41, 5.74) is 0.407. The Morgan fingerprint density at radius 1 is 1.67 bits per heavy atom. The van der Waals surface area contributed by atoms with Crippen molar-refractivity contribution in [2.45, 2.75) is 6.54 Å². The van der Waals surface area contributed by atoms with Gasteiger partial charge >= 0.3 is 0 Å². The third-order valence-electron chi connectivity index (χ3n) is 2.22. The Morgan fingerprint density at radius 2 is 2.44 bits per heavy atom. The Labute approximate surface area is 111 Å². The van der Waals surface area contributed by atoms with Crippen molar-refractivity contribution in [1.29, 1.82) is 5.26 Å². The van der Waals surface area contributed by atoms with Gasteiger partial charge in [-0.05, 0) is 15.9 Å². The maximum Gasteiger partial charge on any atom is 0.276 e. The van der Waals surface area contributed by atoms with E-state index in [9.17, 15) is 4.79 Å². The van der Waals surface area contributed by atoms with Crippen LogP contribution in [-0.4, -0.2) is 25.5 Å². The van der Waals surface area contributed by atoms with Crippen LogP contribution in [0.4, 0.5) is 5.82 Å². The average Bonchev–Trinajstić information content (AvgIpc) is 2.87. The molecule has 0 atom stereocenters. The van der Waals surface area contributed by atoms with E-state index < -0.39 is 0 Å². The number of hydrogen-bond acceptors (Lipinski definition) is 4.